The first kappa shape index (κ1) is 10.1. The van der Waals surface area contributed by atoms with E-state index in [1.165, 1.54) is 0 Å². The van der Waals surface area contributed by atoms with Crippen LogP contribution in [0.3, 0.4) is 0 Å². The number of hydrogen-bond donors (Lipinski definition) is 1. The summed E-state index contributed by atoms with van der Waals surface area (Å²) in [6.07, 6.45) is 3.77. The smallest absolute Gasteiger partial charge is 0.248 e. The highest BCUT2D eigenvalue weighted by atomic mass is 16.5. The van der Waals surface area contributed by atoms with Gasteiger partial charge in [0.05, 0.1) is 12.2 Å². The van der Waals surface area contributed by atoms with Gasteiger partial charge in [-0.2, -0.15) is 0 Å². The van der Waals surface area contributed by atoms with Gasteiger partial charge < -0.3 is 14.6 Å². The molecule has 3 heterocycles. The Bertz CT molecular complexity index is 458. The molecule has 1 aromatic rings. The number of aromatic amines is 1. The molecule has 0 amide bonds. The molecule has 2 aliphatic rings. The predicted molar refractivity (Wildman–Crippen MR) is 60.3 cm³/mol. The van der Waals surface area contributed by atoms with Crippen LogP contribution < -0.4 is 5.56 Å². The lowest BCUT2D eigenvalue weighted by Crippen LogP contribution is -2.40. The van der Waals surface area contributed by atoms with Gasteiger partial charge in [-0.25, -0.2) is 0 Å². The molecule has 2 aliphatic heterocycles. The van der Waals surface area contributed by atoms with Crippen LogP contribution >= 0.6 is 0 Å². The lowest BCUT2D eigenvalue weighted by molar-refractivity contribution is -0.0755. The van der Waals surface area contributed by atoms with Gasteiger partial charge in [0.1, 0.15) is 0 Å². The number of aromatic nitrogens is 1. The van der Waals surface area contributed by atoms with Gasteiger partial charge >= 0.3 is 0 Å². The summed E-state index contributed by atoms with van der Waals surface area (Å²) in [7, 11) is 2.13. The normalized spacial score (nSPS) is 23.6. The maximum Gasteiger partial charge on any atom is 0.248 e. The Morgan fingerprint density at radius 2 is 2.19 bits per heavy atom. The first-order valence-electron chi connectivity index (χ1n) is 5.74. The second kappa shape index (κ2) is 3.43. The van der Waals surface area contributed by atoms with Crippen molar-refractivity contribution in [3.8, 4) is 0 Å². The molecule has 0 radical (unpaired) electrons. The lowest BCUT2D eigenvalue weighted by atomic mass is 9.84. The highest BCUT2D eigenvalue weighted by Gasteiger charge is 2.42. The fraction of sp³-hybridized carbons (Fsp3) is 0.583. The molecule has 86 valence electrons. The van der Waals surface area contributed by atoms with Gasteiger partial charge in [-0.05, 0) is 25.5 Å². The zero-order chi connectivity index (χ0) is 11.2. The average Bonchev–Trinajstić information content (AvgIpc) is 2.62. The van der Waals surface area contributed by atoms with E-state index in [1.54, 1.807) is 12.3 Å². The van der Waals surface area contributed by atoms with E-state index in [-0.39, 0.29) is 11.2 Å². The summed E-state index contributed by atoms with van der Waals surface area (Å²) in [5.41, 5.74) is 2.05. The van der Waals surface area contributed by atoms with Crippen LogP contribution in [0.25, 0.3) is 0 Å². The molecule has 4 nitrogen and oxygen atoms in total. The third-order valence-corrected chi connectivity index (χ3v) is 3.80. The predicted octanol–water partition coefficient (Wildman–Crippen LogP) is 0.826. The minimum Gasteiger partial charge on any atom is -0.365 e. The summed E-state index contributed by atoms with van der Waals surface area (Å²) in [4.78, 5) is 16.4. The van der Waals surface area contributed by atoms with Gasteiger partial charge in [0, 0.05) is 30.9 Å². The number of ether oxygens (including phenoxy) is 1. The zero-order valence-corrected chi connectivity index (χ0v) is 9.45. The highest BCUT2D eigenvalue weighted by Crippen LogP contribution is 2.42. The van der Waals surface area contributed by atoms with Gasteiger partial charge in [0.25, 0.3) is 0 Å². The zero-order valence-electron chi connectivity index (χ0n) is 9.45. The summed E-state index contributed by atoms with van der Waals surface area (Å²) < 4.78 is 5.97. The molecule has 16 heavy (non-hydrogen) atoms. The first-order chi connectivity index (χ1) is 7.70. The average molecular weight is 220 g/mol. The molecular weight excluding hydrogens is 204 g/mol. The molecule has 1 fully saturated rings. The molecule has 4 heteroatoms. The Balaban J connectivity index is 2.01. The maximum atomic E-state index is 11.4. The molecule has 3 rings (SSSR count). The van der Waals surface area contributed by atoms with Crippen molar-refractivity contribution >= 4 is 0 Å². The van der Waals surface area contributed by atoms with Crippen molar-refractivity contribution in [3.05, 3.63) is 33.7 Å². The van der Waals surface area contributed by atoms with E-state index in [2.05, 4.69) is 16.9 Å². The third-order valence-electron chi connectivity index (χ3n) is 3.80. The molecule has 0 saturated carbocycles. The molecule has 0 unspecified atom stereocenters. The van der Waals surface area contributed by atoms with Crippen LogP contribution in [0.5, 0.6) is 0 Å². The summed E-state index contributed by atoms with van der Waals surface area (Å²) in [6.45, 7) is 2.70. The fourth-order valence-electron chi connectivity index (χ4n) is 2.73. The molecule has 1 N–H and O–H groups in total. The van der Waals surface area contributed by atoms with Gasteiger partial charge in [-0.1, -0.05) is 0 Å². The van der Waals surface area contributed by atoms with Gasteiger partial charge in [-0.3, -0.25) is 4.79 Å². The Kier molecular flexibility index (Phi) is 2.16. The van der Waals surface area contributed by atoms with Crippen LogP contribution in [0, 0.1) is 0 Å². The minimum absolute atomic E-state index is 0.0254. The van der Waals surface area contributed by atoms with Crippen LogP contribution in [0.1, 0.15) is 24.0 Å². The van der Waals surface area contributed by atoms with Crippen molar-refractivity contribution in [3.63, 3.8) is 0 Å². The monoisotopic (exact) mass is 220 g/mol. The third kappa shape index (κ3) is 1.41. The lowest BCUT2D eigenvalue weighted by Gasteiger charge is -2.37. The number of fused-ring (bicyclic) bond motifs is 2. The summed E-state index contributed by atoms with van der Waals surface area (Å²) in [6, 6.07) is 1.72. The Hall–Kier alpha value is -1.13. The van der Waals surface area contributed by atoms with Crippen LogP contribution in [0.15, 0.2) is 17.1 Å². The van der Waals surface area contributed by atoms with E-state index in [0.717, 1.165) is 37.1 Å². The van der Waals surface area contributed by atoms with Crippen LogP contribution in [0.4, 0.5) is 0 Å². The van der Waals surface area contributed by atoms with Crippen molar-refractivity contribution in [1.82, 2.24) is 9.88 Å². The standard InChI is InChI=1S/C12H16N2O2/c1-14-4-2-12(3-5-14)10-6-11(15)13-7-9(10)8-16-12/h6-7H,2-5,8H2,1H3,(H,13,15). The van der Waals surface area contributed by atoms with Crippen LogP contribution in [-0.4, -0.2) is 30.0 Å². The van der Waals surface area contributed by atoms with Crippen molar-refractivity contribution in [2.24, 2.45) is 0 Å². The molecule has 1 aromatic heterocycles. The van der Waals surface area contributed by atoms with Crippen molar-refractivity contribution in [2.45, 2.75) is 25.0 Å². The molecule has 1 spiro atoms. The summed E-state index contributed by atoms with van der Waals surface area (Å²) in [5, 5.41) is 0. The molecule has 0 aliphatic carbocycles. The van der Waals surface area contributed by atoms with Gasteiger partial charge in [0.2, 0.25) is 5.56 Å². The number of H-pyrrole nitrogens is 1. The molecular formula is C12H16N2O2. The van der Waals surface area contributed by atoms with E-state index in [9.17, 15) is 4.79 Å². The van der Waals surface area contributed by atoms with Crippen LogP contribution in [-0.2, 0) is 16.9 Å². The molecule has 0 atom stereocenters. The largest absolute Gasteiger partial charge is 0.365 e. The maximum absolute atomic E-state index is 11.4. The van der Waals surface area contributed by atoms with E-state index < -0.39 is 0 Å². The second-order valence-electron chi connectivity index (χ2n) is 4.82. The quantitative estimate of drug-likeness (QED) is 0.704. The van der Waals surface area contributed by atoms with Crippen molar-refractivity contribution < 1.29 is 4.74 Å². The van der Waals surface area contributed by atoms with Gasteiger partial charge in [0.15, 0.2) is 0 Å². The number of nitrogens with zero attached hydrogens (tertiary/aromatic N) is 1. The molecule has 1 saturated heterocycles. The Morgan fingerprint density at radius 3 is 2.94 bits per heavy atom. The number of pyridine rings is 1. The Labute approximate surface area is 94.2 Å². The highest BCUT2D eigenvalue weighted by molar-refractivity contribution is 5.33. The topological polar surface area (TPSA) is 45.3 Å². The molecule has 0 aromatic carbocycles. The number of nitrogens with one attached hydrogen (secondary N) is 1. The number of rotatable bonds is 0. The van der Waals surface area contributed by atoms with Crippen molar-refractivity contribution in [2.75, 3.05) is 20.1 Å². The van der Waals surface area contributed by atoms with Crippen molar-refractivity contribution in [1.29, 1.82) is 0 Å². The minimum atomic E-state index is -0.184. The van der Waals surface area contributed by atoms with Crippen LogP contribution in [0.2, 0.25) is 0 Å². The summed E-state index contributed by atoms with van der Waals surface area (Å²) in [5.74, 6) is 0. The SMILES string of the molecule is CN1CCC2(CC1)OCc1c[nH]c(=O)cc12. The molecule has 0 bridgehead atoms. The van der Waals surface area contributed by atoms with E-state index >= 15 is 0 Å². The van der Waals surface area contributed by atoms with Gasteiger partial charge in [-0.15, -0.1) is 0 Å². The second-order valence-corrected chi connectivity index (χ2v) is 4.82. The first-order valence-corrected chi connectivity index (χ1v) is 5.74. The van der Waals surface area contributed by atoms with E-state index in [1.807, 2.05) is 0 Å². The Morgan fingerprint density at radius 1 is 1.44 bits per heavy atom. The fourth-order valence-corrected chi connectivity index (χ4v) is 2.73. The summed E-state index contributed by atoms with van der Waals surface area (Å²) >= 11 is 0. The number of likely N-dealkylation sites (tertiary alicyclic amines) is 1. The number of hydrogen-bond acceptors (Lipinski definition) is 3. The van der Waals surface area contributed by atoms with E-state index in [4.69, 9.17) is 4.74 Å². The number of piperidine rings is 1. The van der Waals surface area contributed by atoms with E-state index in [0.29, 0.717) is 6.61 Å².